The second-order valence-corrected chi connectivity index (χ2v) is 7.50. The summed E-state index contributed by atoms with van der Waals surface area (Å²) in [5.74, 6) is 1.35. The van der Waals surface area contributed by atoms with Crippen LogP contribution >= 0.6 is 0 Å². The summed E-state index contributed by atoms with van der Waals surface area (Å²) in [6.07, 6.45) is 7.73. The van der Waals surface area contributed by atoms with Crippen molar-refractivity contribution in [2.24, 2.45) is 7.05 Å². The number of hydrogen-bond donors (Lipinski definition) is 1. The number of ether oxygens (including phenoxy) is 2. The molecule has 1 N–H and O–H groups in total. The van der Waals surface area contributed by atoms with E-state index in [-0.39, 0.29) is 11.9 Å². The fourth-order valence-electron chi connectivity index (χ4n) is 4.41. The first-order valence-corrected chi connectivity index (χ1v) is 9.74. The van der Waals surface area contributed by atoms with Crippen LogP contribution in [-0.4, -0.2) is 35.9 Å². The molecule has 6 heteroatoms. The van der Waals surface area contributed by atoms with E-state index in [0.29, 0.717) is 23.6 Å². The minimum absolute atomic E-state index is 0.0505. The number of rotatable bonds is 4. The van der Waals surface area contributed by atoms with Crippen molar-refractivity contribution < 1.29 is 14.3 Å². The van der Waals surface area contributed by atoms with E-state index in [0.717, 1.165) is 35.2 Å². The fourth-order valence-corrected chi connectivity index (χ4v) is 4.41. The Kier molecular flexibility index (Phi) is 4.81. The summed E-state index contributed by atoms with van der Waals surface area (Å²) in [7, 11) is 5.17. The molecular weight excluding hydrogens is 342 g/mol. The second kappa shape index (κ2) is 7.25. The Labute approximate surface area is 159 Å². The van der Waals surface area contributed by atoms with Gasteiger partial charge in [0.15, 0.2) is 17.2 Å². The first-order valence-electron chi connectivity index (χ1n) is 9.74. The number of nitrogens with one attached hydrogen (secondary N) is 1. The Morgan fingerprint density at radius 3 is 2.44 bits per heavy atom. The van der Waals surface area contributed by atoms with E-state index in [2.05, 4.69) is 10.4 Å². The molecule has 1 fully saturated rings. The predicted molar refractivity (Wildman–Crippen MR) is 104 cm³/mol. The fraction of sp³-hybridized carbons (Fsp3) is 0.524. The first kappa shape index (κ1) is 17.9. The molecule has 0 aliphatic heterocycles. The lowest BCUT2D eigenvalue weighted by Crippen LogP contribution is -2.35. The number of methoxy groups -OCH3 is 2. The van der Waals surface area contributed by atoms with Crippen molar-refractivity contribution in [3.8, 4) is 22.8 Å². The van der Waals surface area contributed by atoms with Crippen molar-refractivity contribution in [1.29, 1.82) is 0 Å². The topological polar surface area (TPSA) is 65.4 Å². The smallest absolute Gasteiger partial charge is 0.272 e. The maximum atomic E-state index is 13.0. The highest BCUT2D eigenvalue weighted by molar-refractivity contribution is 5.97. The van der Waals surface area contributed by atoms with Crippen LogP contribution in [0.5, 0.6) is 11.5 Å². The van der Waals surface area contributed by atoms with E-state index in [1.165, 1.54) is 25.7 Å². The number of amides is 1. The highest BCUT2D eigenvalue weighted by Crippen LogP contribution is 2.43. The van der Waals surface area contributed by atoms with E-state index in [1.807, 2.05) is 23.9 Å². The number of hydrogen-bond acceptors (Lipinski definition) is 4. The largest absolute Gasteiger partial charge is 0.493 e. The van der Waals surface area contributed by atoms with E-state index in [4.69, 9.17) is 9.47 Å². The number of carbonyl (C=O) groups excluding carboxylic acids is 1. The van der Waals surface area contributed by atoms with Crippen LogP contribution in [0.4, 0.5) is 0 Å². The number of nitrogens with zero attached hydrogens (tertiary/aromatic N) is 2. The molecule has 0 radical (unpaired) electrons. The monoisotopic (exact) mass is 369 g/mol. The van der Waals surface area contributed by atoms with E-state index in [9.17, 15) is 4.79 Å². The van der Waals surface area contributed by atoms with Crippen molar-refractivity contribution >= 4 is 5.91 Å². The van der Waals surface area contributed by atoms with Gasteiger partial charge in [0.1, 0.15) is 0 Å². The van der Waals surface area contributed by atoms with E-state index >= 15 is 0 Å². The molecule has 1 aromatic heterocycles. The Bertz CT molecular complexity index is 864. The summed E-state index contributed by atoms with van der Waals surface area (Å²) >= 11 is 0. The molecule has 1 saturated carbocycles. The van der Waals surface area contributed by atoms with Gasteiger partial charge in [-0.3, -0.25) is 9.48 Å². The third kappa shape index (κ3) is 3.17. The zero-order valence-corrected chi connectivity index (χ0v) is 16.3. The molecule has 1 heterocycles. The van der Waals surface area contributed by atoms with Gasteiger partial charge in [0, 0.05) is 30.6 Å². The van der Waals surface area contributed by atoms with Crippen molar-refractivity contribution in [3.05, 3.63) is 29.0 Å². The third-order valence-electron chi connectivity index (χ3n) is 5.78. The van der Waals surface area contributed by atoms with E-state index < -0.39 is 0 Å². The Morgan fingerprint density at radius 1 is 1.11 bits per heavy atom. The number of aryl methyl sites for hydroxylation is 1. The molecule has 0 atom stereocenters. The predicted octanol–water partition coefficient (Wildman–Crippen LogP) is 3.46. The average molecular weight is 369 g/mol. The number of fused-ring (bicyclic) bond motifs is 3. The molecule has 6 nitrogen and oxygen atoms in total. The first-order chi connectivity index (χ1) is 13.1. The molecule has 2 aliphatic carbocycles. The van der Waals surface area contributed by atoms with Gasteiger partial charge >= 0.3 is 0 Å². The maximum absolute atomic E-state index is 13.0. The molecule has 1 aromatic carbocycles. The zero-order valence-electron chi connectivity index (χ0n) is 16.3. The van der Waals surface area contributed by atoms with Crippen LogP contribution in [0.2, 0.25) is 0 Å². The normalized spacial score (nSPS) is 16.4. The van der Waals surface area contributed by atoms with Crippen molar-refractivity contribution in [3.63, 3.8) is 0 Å². The van der Waals surface area contributed by atoms with Crippen LogP contribution in [0.15, 0.2) is 12.1 Å². The molecule has 0 bridgehead atoms. The van der Waals surface area contributed by atoms with Gasteiger partial charge in [0.2, 0.25) is 0 Å². The molecular formula is C21H27N3O3. The van der Waals surface area contributed by atoms with Crippen molar-refractivity contribution in [1.82, 2.24) is 15.1 Å². The van der Waals surface area contributed by atoms with Crippen LogP contribution in [-0.2, 0) is 13.5 Å². The van der Waals surface area contributed by atoms with Gasteiger partial charge in [0.05, 0.1) is 19.9 Å². The SMILES string of the molecule is COc1cc2c(cc1OC)-c1c(c(C(=O)NC3CCCCCC3)nn1C)C2. The summed E-state index contributed by atoms with van der Waals surface area (Å²) in [5, 5.41) is 7.78. The molecule has 4 rings (SSSR count). The van der Waals surface area contributed by atoms with Gasteiger partial charge < -0.3 is 14.8 Å². The molecule has 0 unspecified atom stereocenters. The van der Waals surface area contributed by atoms with Crippen LogP contribution in [0, 0.1) is 0 Å². The number of aromatic nitrogens is 2. The summed E-state index contributed by atoms with van der Waals surface area (Å²) in [6, 6.07) is 4.25. The lowest BCUT2D eigenvalue weighted by molar-refractivity contribution is 0.0926. The van der Waals surface area contributed by atoms with Crippen LogP contribution < -0.4 is 14.8 Å². The summed E-state index contributed by atoms with van der Waals surface area (Å²) < 4.78 is 12.7. The van der Waals surface area contributed by atoms with Gasteiger partial charge in [-0.05, 0) is 30.5 Å². The lowest BCUT2D eigenvalue weighted by atomic mass is 10.1. The van der Waals surface area contributed by atoms with Crippen LogP contribution in [0.1, 0.15) is 60.1 Å². The molecule has 0 spiro atoms. The molecule has 1 amide bonds. The molecule has 27 heavy (non-hydrogen) atoms. The number of carbonyl (C=O) groups is 1. The molecule has 0 saturated heterocycles. The van der Waals surface area contributed by atoms with Gasteiger partial charge in [0.25, 0.3) is 5.91 Å². The minimum Gasteiger partial charge on any atom is -0.493 e. The lowest BCUT2D eigenvalue weighted by Gasteiger charge is -2.15. The van der Waals surface area contributed by atoms with Gasteiger partial charge in [-0.2, -0.15) is 5.10 Å². The van der Waals surface area contributed by atoms with Crippen molar-refractivity contribution in [2.45, 2.75) is 51.0 Å². The number of benzene rings is 1. The summed E-state index contributed by atoms with van der Waals surface area (Å²) in [5.41, 5.74) is 4.74. The third-order valence-corrected chi connectivity index (χ3v) is 5.78. The van der Waals surface area contributed by atoms with Crippen LogP contribution in [0.3, 0.4) is 0 Å². The Hall–Kier alpha value is -2.50. The maximum Gasteiger partial charge on any atom is 0.272 e. The van der Waals surface area contributed by atoms with Crippen molar-refractivity contribution in [2.75, 3.05) is 14.2 Å². The minimum atomic E-state index is -0.0505. The van der Waals surface area contributed by atoms with Gasteiger partial charge in [-0.15, -0.1) is 0 Å². The summed E-state index contributed by atoms with van der Waals surface area (Å²) in [4.78, 5) is 13.0. The second-order valence-electron chi connectivity index (χ2n) is 7.50. The highest BCUT2D eigenvalue weighted by atomic mass is 16.5. The van der Waals surface area contributed by atoms with Gasteiger partial charge in [-0.1, -0.05) is 25.7 Å². The Morgan fingerprint density at radius 2 is 1.78 bits per heavy atom. The van der Waals surface area contributed by atoms with Crippen LogP contribution in [0.25, 0.3) is 11.3 Å². The molecule has 144 valence electrons. The standard InChI is InChI=1S/C21H27N3O3/c1-24-20-15-12-18(27-3)17(26-2)11-13(15)10-16(20)19(23-24)21(25)22-14-8-6-4-5-7-9-14/h11-12,14H,4-10H2,1-3H3,(H,22,25). The molecule has 2 aliphatic rings. The average Bonchev–Trinajstić information content (AvgIpc) is 3.07. The van der Waals surface area contributed by atoms with E-state index in [1.54, 1.807) is 14.2 Å². The Balaban J connectivity index is 1.64. The zero-order chi connectivity index (χ0) is 19.0. The van der Waals surface area contributed by atoms with Gasteiger partial charge in [-0.25, -0.2) is 0 Å². The summed E-state index contributed by atoms with van der Waals surface area (Å²) in [6.45, 7) is 0. The molecule has 2 aromatic rings. The quantitative estimate of drug-likeness (QED) is 0.715. The highest BCUT2D eigenvalue weighted by Gasteiger charge is 2.31.